The van der Waals surface area contributed by atoms with Crippen molar-refractivity contribution in [1.29, 1.82) is 0 Å². The number of aromatic carboxylic acids is 1. The van der Waals surface area contributed by atoms with Gasteiger partial charge in [-0.3, -0.25) is 0 Å². The summed E-state index contributed by atoms with van der Waals surface area (Å²) < 4.78 is 3.75. The monoisotopic (exact) mass is 241 g/mol. The molecule has 18 heavy (non-hydrogen) atoms. The minimum Gasteiger partial charge on any atom is -0.478 e. The van der Waals surface area contributed by atoms with E-state index < -0.39 is 5.97 Å². The lowest BCUT2D eigenvalue weighted by molar-refractivity contribution is 0.0697. The number of carbonyl (C=O) groups is 1. The molecule has 0 spiro atoms. The molecule has 3 heterocycles. The fourth-order valence-electron chi connectivity index (χ4n) is 1.92. The standard InChI is InChI=1S/C13H11N3O2/c17-13(18)10-4-6-15(7-10)8-11-9-16-5-2-1-3-12(16)14-11/h1-7,9H,8H2,(H,17,18). The molecule has 5 heteroatoms. The molecule has 0 aromatic carbocycles. The Labute approximate surface area is 103 Å². The number of fused-ring (bicyclic) bond motifs is 1. The minimum atomic E-state index is -0.913. The normalized spacial score (nSPS) is 10.9. The van der Waals surface area contributed by atoms with E-state index in [4.69, 9.17) is 5.11 Å². The topological polar surface area (TPSA) is 59.5 Å². The van der Waals surface area contributed by atoms with Crippen LogP contribution in [0.1, 0.15) is 16.1 Å². The Bertz CT molecular complexity index is 679. The van der Waals surface area contributed by atoms with E-state index in [1.54, 1.807) is 18.5 Å². The van der Waals surface area contributed by atoms with Gasteiger partial charge in [-0.2, -0.15) is 0 Å². The summed E-state index contributed by atoms with van der Waals surface area (Å²) in [5, 5.41) is 8.85. The minimum absolute atomic E-state index is 0.291. The van der Waals surface area contributed by atoms with Crippen LogP contribution in [0.3, 0.4) is 0 Å². The summed E-state index contributed by atoms with van der Waals surface area (Å²) >= 11 is 0. The molecule has 0 atom stereocenters. The number of hydrogen-bond acceptors (Lipinski definition) is 2. The van der Waals surface area contributed by atoms with Crippen molar-refractivity contribution in [3.05, 3.63) is 60.3 Å². The van der Waals surface area contributed by atoms with Gasteiger partial charge in [0, 0.05) is 24.8 Å². The molecule has 0 fully saturated rings. The van der Waals surface area contributed by atoms with Crippen molar-refractivity contribution in [2.75, 3.05) is 0 Å². The summed E-state index contributed by atoms with van der Waals surface area (Å²) in [5.41, 5.74) is 2.07. The van der Waals surface area contributed by atoms with Crippen LogP contribution in [-0.2, 0) is 6.54 Å². The van der Waals surface area contributed by atoms with Crippen LogP contribution in [0.15, 0.2) is 49.1 Å². The van der Waals surface area contributed by atoms with Crippen LogP contribution in [-0.4, -0.2) is 25.0 Å². The first-order valence-corrected chi connectivity index (χ1v) is 5.54. The zero-order valence-electron chi connectivity index (χ0n) is 9.52. The SMILES string of the molecule is O=C(O)c1ccn(Cc2cn3ccccc3n2)c1. The van der Waals surface area contributed by atoms with Crippen molar-refractivity contribution in [1.82, 2.24) is 14.0 Å². The van der Waals surface area contributed by atoms with E-state index in [1.807, 2.05) is 39.6 Å². The van der Waals surface area contributed by atoms with Crippen LogP contribution < -0.4 is 0 Å². The van der Waals surface area contributed by atoms with Gasteiger partial charge < -0.3 is 14.1 Å². The number of nitrogens with zero attached hydrogens (tertiary/aromatic N) is 3. The van der Waals surface area contributed by atoms with Crippen molar-refractivity contribution >= 4 is 11.6 Å². The van der Waals surface area contributed by atoms with E-state index >= 15 is 0 Å². The molecule has 0 aliphatic carbocycles. The smallest absolute Gasteiger partial charge is 0.337 e. The van der Waals surface area contributed by atoms with Gasteiger partial charge in [-0.05, 0) is 18.2 Å². The number of carboxylic acid groups (broad SMARTS) is 1. The average Bonchev–Trinajstić information content (AvgIpc) is 2.94. The predicted molar refractivity (Wildman–Crippen MR) is 65.7 cm³/mol. The number of hydrogen-bond donors (Lipinski definition) is 1. The first kappa shape index (κ1) is 10.6. The highest BCUT2D eigenvalue weighted by Crippen LogP contribution is 2.08. The van der Waals surface area contributed by atoms with Crippen molar-refractivity contribution in [3.63, 3.8) is 0 Å². The highest BCUT2D eigenvalue weighted by molar-refractivity contribution is 5.87. The zero-order chi connectivity index (χ0) is 12.5. The average molecular weight is 241 g/mol. The van der Waals surface area contributed by atoms with Crippen molar-refractivity contribution < 1.29 is 9.90 Å². The summed E-state index contributed by atoms with van der Waals surface area (Å²) in [6.45, 7) is 0.564. The van der Waals surface area contributed by atoms with Crippen molar-refractivity contribution in [3.8, 4) is 0 Å². The molecule has 90 valence electrons. The summed E-state index contributed by atoms with van der Waals surface area (Å²) in [6, 6.07) is 7.39. The molecule has 5 nitrogen and oxygen atoms in total. The third-order valence-electron chi connectivity index (χ3n) is 2.76. The van der Waals surface area contributed by atoms with Crippen LogP contribution in [0.2, 0.25) is 0 Å². The molecule has 0 amide bonds. The summed E-state index contributed by atoms with van der Waals surface area (Å²) in [7, 11) is 0. The summed E-state index contributed by atoms with van der Waals surface area (Å²) in [5.74, 6) is -0.913. The van der Waals surface area contributed by atoms with Gasteiger partial charge in [-0.15, -0.1) is 0 Å². The summed E-state index contributed by atoms with van der Waals surface area (Å²) in [6.07, 6.45) is 7.22. The molecule has 0 bridgehead atoms. The molecule has 0 aliphatic heterocycles. The Kier molecular flexibility index (Phi) is 2.37. The lowest BCUT2D eigenvalue weighted by Gasteiger charge is -1.97. The van der Waals surface area contributed by atoms with E-state index in [2.05, 4.69) is 4.98 Å². The molecular weight excluding hydrogens is 230 g/mol. The molecule has 0 radical (unpaired) electrons. The van der Waals surface area contributed by atoms with Gasteiger partial charge in [0.2, 0.25) is 0 Å². The number of imidazole rings is 1. The Morgan fingerprint density at radius 1 is 1.22 bits per heavy atom. The number of pyridine rings is 1. The maximum atomic E-state index is 10.8. The van der Waals surface area contributed by atoms with E-state index in [-0.39, 0.29) is 0 Å². The molecule has 0 aliphatic rings. The Balaban J connectivity index is 1.88. The van der Waals surface area contributed by atoms with Gasteiger partial charge in [0.1, 0.15) is 5.65 Å². The van der Waals surface area contributed by atoms with Crippen molar-refractivity contribution in [2.45, 2.75) is 6.54 Å². The van der Waals surface area contributed by atoms with Gasteiger partial charge in [0.05, 0.1) is 17.8 Å². The summed E-state index contributed by atoms with van der Waals surface area (Å²) in [4.78, 5) is 15.2. The van der Waals surface area contributed by atoms with Gasteiger partial charge in [0.25, 0.3) is 0 Å². The zero-order valence-corrected chi connectivity index (χ0v) is 9.52. The quantitative estimate of drug-likeness (QED) is 0.761. The van der Waals surface area contributed by atoms with Crippen molar-refractivity contribution in [2.24, 2.45) is 0 Å². The molecule has 3 aromatic rings. The van der Waals surface area contributed by atoms with Crippen LogP contribution >= 0.6 is 0 Å². The fourth-order valence-corrected chi connectivity index (χ4v) is 1.92. The highest BCUT2D eigenvalue weighted by atomic mass is 16.4. The molecule has 0 saturated carbocycles. The number of aromatic nitrogens is 3. The highest BCUT2D eigenvalue weighted by Gasteiger charge is 2.06. The van der Waals surface area contributed by atoms with Crippen LogP contribution in [0.5, 0.6) is 0 Å². The third kappa shape index (κ3) is 1.86. The Hall–Kier alpha value is -2.56. The third-order valence-corrected chi connectivity index (χ3v) is 2.76. The number of rotatable bonds is 3. The Morgan fingerprint density at radius 3 is 2.83 bits per heavy atom. The second-order valence-electron chi connectivity index (χ2n) is 4.08. The largest absolute Gasteiger partial charge is 0.478 e. The second kappa shape index (κ2) is 4.03. The van der Waals surface area contributed by atoms with Gasteiger partial charge >= 0.3 is 5.97 Å². The molecule has 1 N–H and O–H groups in total. The fraction of sp³-hybridized carbons (Fsp3) is 0.0769. The van der Waals surface area contributed by atoms with Gasteiger partial charge in [0.15, 0.2) is 0 Å². The number of carboxylic acids is 1. The van der Waals surface area contributed by atoms with Gasteiger partial charge in [-0.25, -0.2) is 9.78 Å². The second-order valence-corrected chi connectivity index (χ2v) is 4.08. The van der Waals surface area contributed by atoms with Crippen LogP contribution in [0, 0.1) is 0 Å². The molecule has 0 saturated heterocycles. The molecular formula is C13H11N3O2. The maximum Gasteiger partial charge on any atom is 0.337 e. The molecule has 3 rings (SSSR count). The van der Waals surface area contributed by atoms with Crippen LogP contribution in [0.25, 0.3) is 5.65 Å². The maximum absolute atomic E-state index is 10.8. The predicted octanol–water partition coefficient (Wildman–Crippen LogP) is 1.88. The Morgan fingerprint density at radius 2 is 2.11 bits per heavy atom. The lowest BCUT2D eigenvalue weighted by atomic mass is 10.4. The van der Waals surface area contributed by atoms with E-state index in [9.17, 15) is 4.79 Å². The molecule has 3 aromatic heterocycles. The van der Waals surface area contributed by atoms with E-state index in [1.165, 1.54) is 0 Å². The van der Waals surface area contributed by atoms with Crippen LogP contribution in [0.4, 0.5) is 0 Å². The van der Waals surface area contributed by atoms with E-state index in [0.29, 0.717) is 12.1 Å². The van der Waals surface area contributed by atoms with Gasteiger partial charge in [-0.1, -0.05) is 6.07 Å². The lowest BCUT2D eigenvalue weighted by Crippen LogP contribution is -1.98. The van der Waals surface area contributed by atoms with E-state index in [0.717, 1.165) is 11.3 Å². The first-order chi connectivity index (χ1) is 8.72. The molecule has 0 unspecified atom stereocenters. The first-order valence-electron chi connectivity index (χ1n) is 5.54.